The van der Waals surface area contributed by atoms with Gasteiger partial charge in [-0.1, -0.05) is 16.7 Å². The molecule has 1 rings (SSSR count). The van der Waals surface area contributed by atoms with E-state index in [1.807, 2.05) is 0 Å². The lowest BCUT2D eigenvalue weighted by Crippen LogP contribution is -2.39. The molecule has 0 saturated carbocycles. The van der Waals surface area contributed by atoms with Gasteiger partial charge in [0.2, 0.25) is 0 Å². The zero-order valence-electron chi connectivity index (χ0n) is 7.56. The van der Waals surface area contributed by atoms with E-state index in [1.54, 1.807) is 0 Å². The van der Waals surface area contributed by atoms with E-state index in [4.69, 9.17) is 22.9 Å². The van der Waals surface area contributed by atoms with Crippen LogP contribution in [0.15, 0.2) is 23.3 Å². The van der Waals surface area contributed by atoms with Crippen molar-refractivity contribution in [2.24, 2.45) is 10.8 Å². The van der Waals surface area contributed by atoms with Gasteiger partial charge >= 0.3 is 0 Å². The van der Waals surface area contributed by atoms with Crippen molar-refractivity contribution in [2.45, 2.75) is 5.72 Å². The van der Waals surface area contributed by atoms with E-state index in [9.17, 15) is 9.50 Å². The molecule has 1 aromatic rings. The topological polar surface area (TPSA) is 95.0 Å². The predicted octanol–water partition coefficient (Wildman–Crippen LogP) is 1.89. The summed E-state index contributed by atoms with van der Waals surface area (Å²) in [6.07, 6.45) is 0. The highest BCUT2D eigenvalue weighted by Crippen LogP contribution is 2.21. The van der Waals surface area contributed by atoms with E-state index in [-0.39, 0.29) is 10.6 Å². The number of nitrogens with zero attached hydrogens (tertiary/aromatic N) is 3. The first kappa shape index (κ1) is 11.7. The second-order valence-corrected chi connectivity index (χ2v) is 3.41. The van der Waals surface area contributed by atoms with Gasteiger partial charge in [-0.25, -0.2) is 4.39 Å². The minimum absolute atomic E-state index is 0.0555. The van der Waals surface area contributed by atoms with E-state index in [0.717, 1.165) is 12.1 Å². The number of azide groups is 1. The Kier molecular flexibility index (Phi) is 3.49. The molecule has 80 valence electrons. The standard InChI is InChI=1S/C8H8ClFN4O/c9-6-1-5(2-7(10)3-6)8(11,15)4-13-14-12/h1-3,15H,4,11H2. The number of halogens is 2. The Morgan fingerprint density at radius 2 is 2.27 bits per heavy atom. The molecule has 5 nitrogen and oxygen atoms in total. The molecule has 0 radical (unpaired) electrons. The second-order valence-electron chi connectivity index (χ2n) is 2.97. The predicted molar refractivity (Wildman–Crippen MR) is 53.5 cm³/mol. The summed E-state index contributed by atoms with van der Waals surface area (Å²) in [5.74, 6) is -0.623. The average Bonchev–Trinajstić information content (AvgIpc) is 2.13. The first-order valence-electron chi connectivity index (χ1n) is 3.94. The number of nitrogens with two attached hydrogens (primary N) is 1. The first-order chi connectivity index (χ1) is 6.95. The van der Waals surface area contributed by atoms with Crippen molar-refractivity contribution in [2.75, 3.05) is 6.54 Å². The van der Waals surface area contributed by atoms with Crippen LogP contribution in [0.5, 0.6) is 0 Å². The van der Waals surface area contributed by atoms with Crippen molar-refractivity contribution in [1.82, 2.24) is 0 Å². The van der Waals surface area contributed by atoms with Crippen molar-refractivity contribution < 1.29 is 9.50 Å². The van der Waals surface area contributed by atoms with Crippen LogP contribution in [0.25, 0.3) is 10.4 Å². The maximum absolute atomic E-state index is 12.9. The molecule has 1 aromatic carbocycles. The average molecular weight is 231 g/mol. The molecule has 0 spiro atoms. The van der Waals surface area contributed by atoms with Gasteiger partial charge in [-0.05, 0) is 23.7 Å². The largest absolute Gasteiger partial charge is 0.372 e. The number of hydrogen-bond acceptors (Lipinski definition) is 3. The zero-order chi connectivity index (χ0) is 11.5. The van der Waals surface area contributed by atoms with E-state index in [2.05, 4.69) is 10.0 Å². The highest BCUT2D eigenvalue weighted by atomic mass is 35.5. The second kappa shape index (κ2) is 4.46. The number of hydrogen-bond donors (Lipinski definition) is 2. The molecule has 15 heavy (non-hydrogen) atoms. The molecule has 0 amide bonds. The maximum Gasteiger partial charge on any atom is 0.145 e. The maximum atomic E-state index is 12.9. The van der Waals surface area contributed by atoms with Crippen LogP contribution in [0.1, 0.15) is 5.56 Å². The van der Waals surface area contributed by atoms with Crippen LogP contribution >= 0.6 is 11.6 Å². The zero-order valence-corrected chi connectivity index (χ0v) is 8.32. The van der Waals surface area contributed by atoms with Gasteiger partial charge in [-0.15, -0.1) is 0 Å². The van der Waals surface area contributed by atoms with E-state index in [0.29, 0.717) is 0 Å². The molecule has 1 unspecified atom stereocenters. The van der Waals surface area contributed by atoms with Gasteiger partial charge < -0.3 is 5.11 Å². The Morgan fingerprint density at radius 3 is 2.80 bits per heavy atom. The summed E-state index contributed by atoms with van der Waals surface area (Å²) in [6, 6.07) is 3.41. The molecule has 0 bridgehead atoms. The fourth-order valence-corrected chi connectivity index (χ4v) is 1.26. The molecule has 0 aliphatic rings. The summed E-state index contributed by atoms with van der Waals surface area (Å²) in [4.78, 5) is 2.45. The number of rotatable bonds is 3. The Morgan fingerprint density at radius 1 is 1.60 bits per heavy atom. The van der Waals surface area contributed by atoms with Crippen molar-refractivity contribution in [3.8, 4) is 0 Å². The summed E-state index contributed by atoms with van der Waals surface area (Å²) in [6.45, 7) is -0.400. The van der Waals surface area contributed by atoms with E-state index < -0.39 is 18.1 Å². The fraction of sp³-hybridized carbons (Fsp3) is 0.250. The van der Waals surface area contributed by atoms with Crippen LogP contribution < -0.4 is 5.73 Å². The molecule has 7 heteroatoms. The van der Waals surface area contributed by atoms with E-state index >= 15 is 0 Å². The summed E-state index contributed by atoms with van der Waals surface area (Å²) in [5, 5.41) is 12.9. The highest BCUT2D eigenvalue weighted by molar-refractivity contribution is 6.30. The summed E-state index contributed by atoms with van der Waals surface area (Å²) in [7, 11) is 0. The Bertz CT molecular complexity index is 397. The monoisotopic (exact) mass is 230 g/mol. The van der Waals surface area contributed by atoms with Gasteiger partial charge in [0.15, 0.2) is 0 Å². The van der Waals surface area contributed by atoms with Crippen molar-refractivity contribution in [3.05, 3.63) is 45.0 Å². The van der Waals surface area contributed by atoms with Gasteiger partial charge in [0.25, 0.3) is 0 Å². The van der Waals surface area contributed by atoms with Crippen LogP contribution in [0.3, 0.4) is 0 Å². The Balaban J connectivity index is 3.08. The molecule has 0 saturated heterocycles. The van der Waals surface area contributed by atoms with Gasteiger partial charge in [-0.3, -0.25) is 5.73 Å². The molecule has 0 heterocycles. The van der Waals surface area contributed by atoms with Crippen LogP contribution in [0.4, 0.5) is 4.39 Å². The summed E-state index contributed by atoms with van der Waals surface area (Å²) >= 11 is 5.58. The van der Waals surface area contributed by atoms with Crippen molar-refractivity contribution in [3.63, 3.8) is 0 Å². The SMILES string of the molecule is [N-]=[N+]=NCC(N)(O)c1cc(F)cc(Cl)c1. The molecule has 0 fully saturated rings. The first-order valence-corrected chi connectivity index (χ1v) is 4.32. The normalized spacial score (nSPS) is 14.1. The number of benzene rings is 1. The minimum atomic E-state index is -1.92. The molecule has 0 aliphatic carbocycles. The van der Waals surface area contributed by atoms with Gasteiger partial charge in [-0.2, -0.15) is 0 Å². The molecule has 3 N–H and O–H groups in total. The van der Waals surface area contributed by atoms with Crippen molar-refractivity contribution >= 4 is 11.6 Å². The van der Waals surface area contributed by atoms with Gasteiger partial charge in [0.05, 0.1) is 6.54 Å². The highest BCUT2D eigenvalue weighted by Gasteiger charge is 2.23. The lowest BCUT2D eigenvalue weighted by molar-refractivity contribution is 0.0529. The molecule has 1 atom stereocenters. The molecule has 0 aromatic heterocycles. The summed E-state index contributed by atoms with van der Waals surface area (Å²) in [5.41, 5.74) is 11.6. The molecular formula is C8H8ClFN4O. The minimum Gasteiger partial charge on any atom is -0.372 e. The summed E-state index contributed by atoms with van der Waals surface area (Å²) < 4.78 is 12.9. The van der Waals surface area contributed by atoms with E-state index in [1.165, 1.54) is 6.07 Å². The van der Waals surface area contributed by atoms with Crippen molar-refractivity contribution in [1.29, 1.82) is 0 Å². The Labute approximate surface area is 89.9 Å². The van der Waals surface area contributed by atoms with Gasteiger partial charge in [0.1, 0.15) is 11.5 Å². The van der Waals surface area contributed by atoms with Crippen LogP contribution in [-0.2, 0) is 5.72 Å². The third-order valence-electron chi connectivity index (χ3n) is 1.74. The smallest absolute Gasteiger partial charge is 0.145 e. The quantitative estimate of drug-likeness (QED) is 0.359. The van der Waals surface area contributed by atoms with Crippen LogP contribution in [-0.4, -0.2) is 11.7 Å². The third kappa shape index (κ3) is 3.07. The Hall–Kier alpha value is -1.33. The van der Waals surface area contributed by atoms with Gasteiger partial charge in [0, 0.05) is 15.5 Å². The lowest BCUT2D eigenvalue weighted by Gasteiger charge is -2.21. The fourth-order valence-electron chi connectivity index (χ4n) is 1.03. The lowest BCUT2D eigenvalue weighted by atomic mass is 10.0. The van der Waals surface area contributed by atoms with Crippen LogP contribution in [0.2, 0.25) is 5.02 Å². The molecular weight excluding hydrogens is 223 g/mol. The third-order valence-corrected chi connectivity index (χ3v) is 1.96. The number of aliphatic hydroxyl groups is 1. The van der Waals surface area contributed by atoms with Crippen LogP contribution in [0, 0.1) is 5.82 Å². The molecule has 0 aliphatic heterocycles.